The Bertz CT molecular complexity index is 1650. The number of nitrogens with zero attached hydrogens (tertiary/aromatic N) is 3. The summed E-state index contributed by atoms with van der Waals surface area (Å²) < 4.78 is 0. The van der Waals surface area contributed by atoms with Crippen molar-refractivity contribution in [3.05, 3.63) is 131 Å². The minimum Gasteiger partial charge on any atom is -0.340 e. The molecule has 44 heavy (non-hydrogen) atoms. The van der Waals surface area contributed by atoms with Gasteiger partial charge in [-0.1, -0.05) is 95.8 Å². The molecule has 0 saturated carbocycles. The Kier molecular flexibility index (Phi) is 8.90. The van der Waals surface area contributed by atoms with Crippen LogP contribution >= 0.6 is 35.1 Å². The first-order valence-electron chi connectivity index (χ1n) is 15.4. The number of para-hydroxylation sites is 2. The SMILES string of the molecule is Cc1ccc2c(c1)N(CCCN(CCCN1c3ccccc3Sc3ccc(Cl)cc31)Cc1ccccc1)c1ccccc1S2. The lowest BCUT2D eigenvalue weighted by Gasteiger charge is -2.34. The molecule has 222 valence electrons. The van der Waals surface area contributed by atoms with Gasteiger partial charge in [0.1, 0.15) is 0 Å². The number of hydrogen-bond donors (Lipinski definition) is 0. The quantitative estimate of drug-likeness (QED) is 0.151. The highest BCUT2D eigenvalue weighted by atomic mass is 35.5. The summed E-state index contributed by atoms with van der Waals surface area (Å²) in [5.41, 5.74) is 7.82. The van der Waals surface area contributed by atoms with E-state index < -0.39 is 0 Å². The molecular weight excluding hydrogens is 598 g/mol. The fourth-order valence-electron chi connectivity index (χ4n) is 6.24. The van der Waals surface area contributed by atoms with Gasteiger partial charge >= 0.3 is 0 Å². The molecule has 0 fully saturated rings. The number of hydrogen-bond acceptors (Lipinski definition) is 5. The lowest BCUT2D eigenvalue weighted by Crippen LogP contribution is -2.31. The predicted molar refractivity (Wildman–Crippen MR) is 189 cm³/mol. The van der Waals surface area contributed by atoms with Crippen LogP contribution < -0.4 is 9.80 Å². The molecule has 6 heteroatoms. The fraction of sp³-hybridized carbons (Fsp3) is 0.211. The van der Waals surface area contributed by atoms with Gasteiger partial charge in [-0.15, -0.1) is 0 Å². The maximum Gasteiger partial charge on any atom is 0.0567 e. The monoisotopic (exact) mass is 633 g/mol. The molecule has 2 aliphatic rings. The third-order valence-corrected chi connectivity index (χ3v) is 10.8. The number of rotatable bonds is 10. The van der Waals surface area contributed by atoms with Crippen molar-refractivity contribution >= 4 is 57.9 Å². The summed E-state index contributed by atoms with van der Waals surface area (Å²) in [6.45, 7) is 7.14. The van der Waals surface area contributed by atoms with E-state index in [1.54, 1.807) is 0 Å². The second-order valence-electron chi connectivity index (χ2n) is 11.5. The number of benzene rings is 5. The lowest BCUT2D eigenvalue weighted by molar-refractivity contribution is 0.261. The maximum atomic E-state index is 6.49. The molecule has 0 radical (unpaired) electrons. The third-order valence-electron chi connectivity index (χ3n) is 8.33. The Morgan fingerprint density at radius 2 is 1.09 bits per heavy atom. The molecule has 0 aromatic heterocycles. The van der Waals surface area contributed by atoms with Gasteiger partial charge in [0, 0.05) is 57.3 Å². The Balaban J connectivity index is 1.07. The van der Waals surface area contributed by atoms with E-state index in [2.05, 4.69) is 131 Å². The van der Waals surface area contributed by atoms with Crippen LogP contribution in [0.5, 0.6) is 0 Å². The zero-order valence-corrected chi connectivity index (χ0v) is 27.3. The van der Waals surface area contributed by atoms with Crippen LogP contribution in [0.25, 0.3) is 0 Å². The summed E-state index contributed by atoms with van der Waals surface area (Å²) in [4.78, 5) is 12.9. The van der Waals surface area contributed by atoms with E-state index in [0.29, 0.717) is 0 Å². The first kappa shape index (κ1) is 29.4. The van der Waals surface area contributed by atoms with Gasteiger partial charge in [0.25, 0.3) is 0 Å². The van der Waals surface area contributed by atoms with Gasteiger partial charge in [-0.2, -0.15) is 0 Å². The van der Waals surface area contributed by atoms with Crippen LogP contribution in [0, 0.1) is 6.92 Å². The summed E-state index contributed by atoms with van der Waals surface area (Å²) in [6, 6.07) is 41.6. The first-order valence-corrected chi connectivity index (χ1v) is 17.4. The van der Waals surface area contributed by atoms with Crippen molar-refractivity contribution in [1.82, 2.24) is 4.90 Å². The zero-order chi connectivity index (χ0) is 29.9. The lowest BCUT2D eigenvalue weighted by atomic mass is 10.1. The van der Waals surface area contributed by atoms with Crippen LogP contribution in [0.3, 0.4) is 0 Å². The van der Waals surface area contributed by atoms with Gasteiger partial charge < -0.3 is 9.80 Å². The molecule has 2 heterocycles. The van der Waals surface area contributed by atoms with Crippen molar-refractivity contribution in [2.24, 2.45) is 0 Å². The maximum absolute atomic E-state index is 6.49. The first-order chi connectivity index (χ1) is 21.6. The highest BCUT2D eigenvalue weighted by Gasteiger charge is 2.25. The topological polar surface area (TPSA) is 9.72 Å². The number of anilines is 4. The van der Waals surface area contributed by atoms with E-state index in [0.717, 1.165) is 50.6 Å². The molecule has 7 rings (SSSR count). The molecule has 0 aliphatic carbocycles. The smallest absolute Gasteiger partial charge is 0.0567 e. The molecule has 0 bridgehead atoms. The van der Waals surface area contributed by atoms with Crippen molar-refractivity contribution in [2.75, 3.05) is 36.0 Å². The molecule has 0 spiro atoms. The molecular formula is C38H36ClN3S2. The summed E-state index contributed by atoms with van der Waals surface area (Å²) in [7, 11) is 0. The van der Waals surface area contributed by atoms with Gasteiger partial charge in [-0.05, 0) is 85.5 Å². The van der Waals surface area contributed by atoms with Crippen molar-refractivity contribution in [3.8, 4) is 0 Å². The van der Waals surface area contributed by atoms with Gasteiger partial charge in [0.15, 0.2) is 0 Å². The van der Waals surface area contributed by atoms with Gasteiger partial charge in [0.05, 0.1) is 22.7 Å². The van der Waals surface area contributed by atoms with Crippen LogP contribution in [0.2, 0.25) is 5.02 Å². The largest absolute Gasteiger partial charge is 0.340 e. The molecule has 2 aliphatic heterocycles. The van der Waals surface area contributed by atoms with E-state index in [1.165, 1.54) is 53.5 Å². The standard InChI is InChI=1S/C38H36ClN3S2/c1-28-17-19-37-33(25-28)41(31-13-5-7-15-35(31)43-37)23-9-21-40(27-29-11-3-2-4-12-29)22-10-24-42-32-14-6-8-16-36(32)44-38-20-18-30(39)26-34(38)42/h2-8,11-20,25-26H,9-10,21-24,27H2,1H3. The third kappa shape index (κ3) is 6.38. The average molecular weight is 634 g/mol. The molecule has 3 nitrogen and oxygen atoms in total. The fourth-order valence-corrected chi connectivity index (χ4v) is 8.56. The number of fused-ring (bicyclic) bond motifs is 4. The summed E-state index contributed by atoms with van der Waals surface area (Å²) >= 11 is 10.2. The Morgan fingerprint density at radius 1 is 0.568 bits per heavy atom. The van der Waals surface area contributed by atoms with Crippen molar-refractivity contribution in [3.63, 3.8) is 0 Å². The van der Waals surface area contributed by atoms with E-state index in [4.69, 9.17) is 11.6 Å². The minimum absolute atomic E-state index is 0.786. The minimum atomic E-state index is 0.786. The highest BCUT2D eigenvalue weighted by molar-refractivity contribution is 8.00. The molecule has 0 saturated heterocycles. The number of aryl methyl sites for hydroxylation is 1. The van der Waals surface area contributed by atoms with Crippen LogP contribution in [0.4, 0.5) is 22.7 Å². The summed E-state index contributed by atoms with van der Waals surface area (Å²) in [5.74, 6) is 0. The van der Waals surface area contributed by atoms with Gasteiger partial charge in [-0.3, -0.25) is 4.90 Å². The van der Waals surface area contributed by atoms with Crippen LogP contribution in [-0.4, -0.2) is 31.1 Å². The van der Waals surface area contributed by atoms with Crippen molar-refractivity contribution < 1.29 is 0 Å². The summed E-state index contributed by atoms with van der Waals surface area (Å²) in [6.07, 6.45) is 2.14. The Morgan fingerprint density at radius 3 is 1.73 bits per heavy atom. The predicted octanol–water partition coefficient (Wildman–Crippen LogP) is 10.8. The normalized spacial score (nSPS) is 13.3. The van der Waals surface area contributed by atoms with Gasteiger partial charge in [0.2, 0.25) is 0 Å². The molecule has 0 amide bonds. The molecule has 5 aromatic rings. The molecule has 0 unspecified atom stereocenters. The van der Waals surface area contributed by atoms with Crippen molar-refractivity contribution in [1.29, 1.82) is 0 Å². The van der Waals surface area contributed by atoms with E-state index >= 15 is 0 Å². The van der Waals surface area contributed by atoms with Gasteiger partial charge in [-0.25, -0.2) is 0 Å². The van der Waals surface area contributed by atoms with Crippen molar-refractivity contribution in [2.45, 2.75) is 45.9 Å². The average Bonchev–Trinajstić information content (AvgIpc) is 3.05. The highest BCUT2D eigenvalue weighted by Crippen LogP contribution is 2.49. The number of halogens is 1. The summed E-state index contributed by atoms with van der Waals surface area (Å²) in [5, 5.41) is 0.786. The van der Waals surface area contributed by atoms with Crippen LogP contribution in [0.1, 0.15) is 24.0 Å². The molecule has 0 N–H and O–H groups in total. The van der Waals surface area contributed by atoms with E-state index in [1.807, 2.05) is 29.6 Å². The van der Waals surface area contributed by atoms with Crippen LogP contribution in [-0.2, 0) is 6.54 Å². The van der Waals surface area contributed by atoms with E-state index in [-0.39, 0.29) is 0 Å². The second kappa shape index (κ2) is 13.3. The van der Waals surface area contributed by atoms with Crippen LogP contribution in [0.15, 0.2) is 135 Å². The van der Waals surface area contributed by atoms with E-state index in [9.17, 15) is 0 Å². The zero-order valence-electron chi connectivity index (χ0n) is 25.0. The second-order valence-corrected chi connectivity index (χ2v) is 14.1. The molecule has 5 aromatic carbocycles. The Labute approximate surface area is 274 Å². The molecule has 0 atom stereocenters. The Hall–Kier alpha value is -3.35.